The van der Waals surface area contributed by atoms with Crippen LogP contribution in [0.4, 0.5) is 0 Å². The Morgan fingerprint density at radius 1 is 1.56 bits per heavy atom. The number of carbonyl (C=O) groups is 1. The van der Waals surface area contributed by atoms with Gasteiger partial charge in [-0.25, -0.2) is 13.4 Å². The molecule has 1 saturated heterocycles. The average Bonchev–Trinajstić information content (AvgIpc) is 2.74. The molecule has 1 aliphatic heterocycles. The van der Waals surface area contributed by atoms with E-state index in [9.17, 15) is 13.2 Å². The molecule has 0 bridgehead atoms. The van der Waals surface area contributed by atoms with Gasteiger partial charge in [-0.15, -0.1) is 22.9 Å². The first kappa shape index (κ1) is 11.8. The quantitative estimate of drug-likeness (QED) is 0.790. The van der Waals surface area contributed by atoms with E-state index in [1.807, 2.05) is 0 Å². The van der Waals surface area contributed by atoms with Crippen molar-refractivity contribution < 1.29 is 13.2 Å². The van der Waals surface area contributed by atoms with E-state index >= 15 is 0 Å². The monoisotopic (exact) mass is 280 g/mol. The summed E-state index contributed by atoms with van der Waals surface area (Å²) in [4.78, 5) is 15.4. The minimum Gasteiger partial charge on any atom is -0.345 e. The van der Waals surface area contributed by atoms with Crippen LogP contribution in [0.15, 0.2) is 10.9 Å². The van der Waals surface area contributed by atoms with Gasteiger partial charge in [0.15, 0.2) is 9.84 Å². The van der Waals surface area contributed by atoms with Crippen LogP contribution in [0.1, 0.15) is 10.5 Å². The number of sulfone groups is 1. The number of hydrogen-bond donors (Lipinski definition) is 1. The van der Waals surface area contributed by atoms with Crippen LogP contribution >= 0.6 is 22.9 Å². The topological polar surface area (TPSA) is 76.1 Å². The van der Waals surface area contributed by atoms with E-state index in [4.69, 9.17) is 11.6 Å². The lowest BCUT2D eigenvalue weighted by Crippen LogP contribution is -2.40. The van der Waals surface area contributed by atoms with E-state index in [-0.39, 0.29) is 23.1 Å². The van der Waals surface area contributed by atoms with Crippen molar-refractivity contribution in [3.63, 3.8) is 0 Å². The number of alkyl halides is 1. The van der Waals surface area contributed by atoms with Crippen molar-refractivity contribution in [3.8, 4) is 0 Å². The molecule has 16 heavy (non-hydrogen) atoms. The van der Waals surface area contributed by atoms with Crippen molar-refractivity contribution >= 4 is 38.7 Å². The Morgan fingerprint density at radius 2 is 2.31 bits per heavy atom. The second-order valence-corrected chi connectivity index (χ2v) is 6.98. The predicted octanol–water partition coefficient (Wildman–Crippen LogP) is 0.277. The average molecular weight is 281 g/mol. The predicted molar refractivity (Wildman–Crippen MR) is 61.7 cm³/mol. The third kappa shape index (κ3) is 2.53. The van der Waals surface area contributed by atoms with Crippen molar-refractivity contribution in [1.29, 1.82) is 0 Å². The summed E-state index contributed by atoms with van der Waals surface area (Å²) in [5, 5.41) is 3.62. The molecule has 2 atom stereocenters. The second-order valence-electron chi connectivity index (χ2n) is 3.55. The van der Waals surface area contributed by atoms with Crippen molar-refractivity contribution in [2.75, 3.05) is 11.5 Å². The Bertz CT molecular complexity index is 485. The van der Waals surface area contributed by atoms with Gasteiger partial charge in [-0.3, -0.25) is 4.79 Å². The normalized spacial score (nSPS) is 27.8. The Kier molecular flexibility index (Phi) is 3.18. The van der Waals surface area contributed by atoms with Crippen LogP contribution in [0.25, 0.3) is 0 Å². The van der Waals surface area contributed by atoms with Gasteiger partial charge in [-0.05, 0) is 0 Å². The molecular formula is C8H9ClN2O3S2. The van der Waals surface area contributed by atoms with Crippen LogP contribution in [0.3, 0.4) is 0 Å². The lowest BCUT2D eigenvalue weighted by atomic mass is 10.2. The maximum absolute atomic E-state index is 11.6. The SMILES string of the molecule is O=C(NC1CS(=O)(=O)CC1Cl)c1cscn1. The van der Waals surface area contributed by atoms with Crippen molar-refractivity contribution in [2.24, 2.45) is 0 Å². The number of amides is 1. The largest absolute Gasteiger partial charge is 0.345 e. The van der Waals surface area contributed by atoms with Gasteiger partial charge in [-0.2, -0.15) is 0 Å². The van der Waals surface area contributed by atoms with E-state index in [0.717, 1.165) is 0 Å². The summed E-state index contributed by atoms with van der Waals surface area (Å²) in [5.74, 6) is -0.567. The highest BCUT2D eigenvalue weighted by molar-refractivity contribution is 7.91. The van der Waals surface area contributed by atoms with Gasteiger partial charge in [0.2, 0.25) is 0 Å². The zero-order chi connectivity index (χ0) is 11.8. The molecule has 0 saturated carbocycles. The summed E-state index contributed by atoms with van der Waals surface area (Å²) in [6, 6.07) is -0.527. The van der Waals surface area contributed by atoms with Crippen LogP contribution in [0.5, 0.6) is 0 Å². The van der Waals surface area contributed by atoms with Gasteiger partial charge in [-0.1, -0.05) is 0 Å². The number of thiazole rings is 1. The van der Waals surface area contributed by atoms with Gasteiger partial charge in [0.1, 0.15) is 5.69 Å². The van der Waals surface area contributed by atoms with Crippen molar-refractivity contribution in [2.45, 2.75) is 11.4 Å². The Hall–Kier alpha value is -0.660. The molecule has 8 heteroatoms. The first-order valence-corrected chi connectivity index (χ1v) is 7.71. The van der Waals surface area contributed by atoms with E-state index < -0.39 is 21.3 Å². The molecule has 0 aliphatic carbocycles. The Labute approximate surface area is 102 Å². The highest BCUT2D eigenvalue weighted by atomic mass is 35.5. The van der Waals surface area contributed by atoms with Gasteiger partial charge in [0.25, 0.3) is 5.91 Å². The molecule has 1 amide bonds. The Balaban J connectivity index is 2.04. The first-order chi connectivity index (χ1) is 7.48. The third-order valence-electron chi connectivity index (χ3n) is 2.26. The first-order valence-electron chi connectivity index (χ1n) is 4.51. The summed E-state index contributed by atoms with van der Waals surface area (Å²) in [7, 11) is -3.12. The summed E-state index contributed by atoms with van der Waals surface area (Å²) < 4.78 is 22.5. The number of halogens is 1. The number of nitrogens with zero attached hydrogens (tertiary/aromatic N) is 1. The molecule has 1 N–H and O–H groups in total. The number of hydrogen-bond acceptors (Lipinski definition) is 5. The van der Waals surface area contributed by atoms with E-state index in [0.29, 0.717) is 0 Å². The number of aromatic nitrogens is 1. The van der Waals surface area contributed by atoms with E-state index in [1.54, 1.807) is 10.9 Å². The smallest absolute Gasteiger partial charge is 0.271 e. The zero-order valence-electron chi connectivity index (χ0n) is 8.09. The number of carbonyl (C=O) groups excluding carboxylic acids is 1. The second kappa shape index (κ2) is 4.31. The molecule has 2 heterocycles. The van der Waals surface area contributed by atoms with Gasteiger partial charge < -0.3 is 5.32 Å². The number of nitrogens with one attached hydrogen (secondary N) is 1. The van der Waals surface area contributed by atoms with Crippen LogP contribution in [-0.4, -0.2) is 42.2 Å². The lowest BCUT2D eigenvalue weighted by molar-refractivity contribution is 0.0937. The van der Waals surface area contributed by atoms with E-state index in [2.05, 4.69) is 10.3 Å². The summed E-state index contributed by atoms with van der Waals surface area (Å²) >= 11 is 7.16. The molecule has 1 aromatic rings. The van der Waals surface area contributed by atoms with E-state index in [1.165, 1.54) is 11.3 Å². The van der Waals surface area contributed by atoms with Crippen molar-refractivity contribution in [3.05, 3.63) is 16.6 Å². The molecule has 2 rings (SSSR count). The molecular weight excluding hydrogens is 272 g/mol. The zero-order valence-corrected chi connectivity index (χ0v) is 10.5. The molecule has 0 aromatic carbocycles. The molecule has 0 spiro atoms. The Morgan fingerprint density at radius 3 is 2.81 bits per heavy atom. The molecule has 1 aromatic heterocycles. The maximum atomic E-state index is 11.6. The van der Waals surface area contributed by atoms with Crippen LogP contribution in [0, 0.1) is 0 Å². The van der Waals surface area contributed by atoms with Gasteiger partial charge >= 0.3 is 0 Å². The fourth-order valence-corrected chi connectivity index (χ4v) is 4.59. The van der Waals surface area contributed by atoms with Crippen LogP contribution in [-0.2, 0) is 9.84 Å². The van der Waals surface area contributed by atoms with Crippen LogP contribution in [0.2, 0.25) is 0 Å². The lowest BCUT2D eigenvalue weighted by Gasteiger charge is -2.12. The molecule has 88 valence electrons. The summed E-state index contributed by atoms with van der Waals surface area (Å²) in [5.41, 5.74) is 1.83. The highest BCUT2D eigenvalue weighted by Crippen LogP contribution is 2.18. The summed E-state index contributed by atoms with van der Waals surface area (Å²) in [6.07, 6.45) is 0. The minimum absolute atomic E-state index is 0.0867. The van der Waals surface area contributed by atoms with Gasteiger partial charge in [0, 0.05) is 5.38 Å². The fraction of sp³-hybridized carbons (Fsp3) is 0.500. The van der Waals surface area contributed by atoms with Gasteiger partial charge in [0.05, 0.1) is 28.4 Å². The fourth-order valence-electron chi connectivity index (χ4n) is 1.50. The highest BCUT2D eigenvalue weighted by Gasteiger charge is 2.37. The molecule has 1 fully saturated rings. The summed E-state index contributed by atoms with van der Waals surface area (Å²) in [6.45, 7) is 0. The van der Waals surface area contributed by atoms with Crippen LogP contribution < -0.4 is 5.32 Å². The molecule has 1 aliphatic rings. The maximum Gasteiger partial charge on any atom is 0.271 e. The molecule has 0 radical (unpaired) electrons. The standard InChI is InChI=1S/C8H9ClN2O3S2/c9-5-2-16(13,14)3-7(5)11-8(12)6-1-15-4-10-6/h1,4-5,7H,2-3H2,(H,11,12). The van der Waals surface area contributed by atoms with Crippen molar-refractivity contribution in [1.82, 2.24) is 10.3 Å². The molecule has 5 nitrogen and oxygen atoms in total. The number of rotatable bonds is 2. The molecule has 2 unspecified atom stereocenters. The minimum atomic E-state index is -3.12. The third-order valence-corrected chi connectivity index (χ3v) is 5.23.